The summed E-state index contributed by atoms with van der Waals surface area (Å²) in [6, 6.07) is 1.42. The van der Waals surface area contributed by atoms with E-state index < -0.39 is 98.2 Å². The summed E-state index contributed by atoms with van der Waals surface area (Å²) in [6.07, 6.45) is -9.04. The van der Waals surface area contributed by atoms with Gasteiger partial charge in [-0.2, -0.15) is 0 Å². The molecule has 0 aliphatic carbocycles. The van der Waals surface area contributed by atoms with Crippen LogP contribution in [0.15, 0.2) is 23.7 Å². The van der Waals surface area contributed by atoms with Gasteiger partial charge in [-0.25, -0.2) is 15.0 Å². The van der Waals surface area contributed by atoms with Gasteiger partial charge in [0, 0.05) is 0 Å². The number of phosphoric acid groups is 2. The van der Waals surface area contributed by atoms with Gasteiger partial charge in [0.2, 0.25) is 0 Å². The number of anilines is 1. The molecule has 0 aromatic carbocycles. The first-order valence-corrected chi connectivity index (χ1v) is 17.0. The number of carbonyl (C=O) groups excluding carboxylic acids is 1. The fourth-order valence-corrected chi connectivity index (χ4v) is 8.55. The summed E-state index contributed by atoms with van der Waals surface area (Å²) in [7, 11) is -10.7. The molecule has 0 spiro atoms. The predicted molar refractivity (Wildman–Crippen MR) is 140 cm³/mol. The van der Waals surface area contributed by atoms with E-state index in [0.29, 0.717) is 4.44 Å². The number of ether oxygens (including phenoxy) is 2. The van der Waals surface area contributed by atoms with E-state index in [-0.39, 0.29) is 22.5 Å². The standard InChI is InChI=1S/C20H26N6O14P2Se/c21-17-11-19(24-5-23-17)26(6-25-11)20-15(30)13(28)9(39-20)3-37-42(34,35)40-41(32,33)36-2-8-12(27)14(29)16(38-8)10-1-7(4-43-10)18(22)31/h1,4-6,8-9,12-16,20,27-30H,2-3H2,(H2,22,31)(H,32,33)(H,34,35)(H2,21,23,24)/t8-,9-,12-,13-,14-,15-,16+,20-/m1/s1. The van der Waals surface area contributed by atoms with Crippen LogP contribution in [0.1, 0.15) is 27.1 Å². The Morgan fingerprint density at radius 1 is 0.977 bits per heavy atom. The van der Waals surface area contributed by atoms with E-state index in [2.05, 4.69) is 19.3 Å². The number of amides is 1. The van der Waals surface area contributed by atoms with Gasteiger partial charge in [0.1, 0.15) is 24.1 Å². The van der Waals surface area contributed by atoms with Crippen molar-refractivity contribution < 1.29 is 67.0 Å². The number of hydrogen-bond acceptors (Lipinski definition) is 16. The predicted octanol–water partition coefficient (Wildman–Crippen LogP) is -2.70. The molecule has 3 aromatic heterocycles. The first-order chi connectivity index (χ1) is 20.2. The summed E-state index contributed by atoms with van der Waals surface area (Å²) in [5.41, 5.74) is 11.6. The molecule has 2 aliphatic rings. The Kier molecular flexibility index (Phi) is 9.24. The van der Waals surface area contributed by atoms with Crippen molar-refractivity contribution in [3.8, 4) is 0 Å². The minimum atomic E-state index is -5.35. The first kappa shape index (κ1) is 32.2. The third kappa shape index (κ3) is 6.76. The van der Waals surface area contributed by atoms with Crippen LogP contribution in [0.4, 0.5) is 5.82 Å². The number of aromatic nitrogens is 4. The quantitative estimate of drug-likeness (QED) is 0.0739. The van der Waals surface area contributed by atoms with E-state index in [1.807, 2.05) is 0 Å². The van der Waals surface area contributed by atoms with Crippen molar-refractivity contribution in [3.05, 3.63) is 33.7 Å². The normalized spacial score (nSPS) is 32.1. The van der Waals surface area contributed by atoms with Gasteiger partial charge in [-0.15, -0.1) is 0 Å². The van der Waals surface area contributed by atoms with Gasteiger partial charge < -0.3 is 20.7 Å². The van der Waals surface area contributed by atoms with Crippen molar-refractivity contribution in [2.24, 2.45) is 5.73 Å². The van der Waals surface area contributed by atoms with Crippen molar-refractivity contribution in [3.63, 3.8) is 0 Å². The van der Waals surface area contributed by atoms with Gasteiger partial charge in [-0.3, -0.25) is 4.57 Å². The third-order valence-corrected chi connectivity index (χ3v) is 11.2. The molecule has 5 rings (SSSR count). The number of aliphatic hydroxyl groups is 4. The molecule has 23 heteroatoms. The number of rotatable bonds is 11. The van der Waals surface area contributed by atoms with Crippen LogP contribution in [-0.4, -0.2) is 120 Å². The molecule has 10 atom stereocenters. The van der Waals surface area contributed by atoms with Crippen molar-refractivity contribution >= 4 is 53.0 Å². The van der Waals surface area contributed by atoms with Gasteiger partial charge in [0.05, 0.1) is 6.33 Å². The second-order valence-electron chi connectivity index (χ2n) is 9.42. The topological polar surface area (TPSA) is 314 Å². The number of nitrogens with zero attached hydrogens (tertiary/aromatic N) is 4. The van der Waals surface area contributed by atoms with Crippen LogP contribution in [0, 0.1) is 0 Å². The molecular formula is C20H26N6O14P2Se. The van der Waals surface area contributed by atoms with Crippen LogP contribution in [0.5, 0.6) is 0 Å². The molecule has 3 aromatic rings. The Bertz CT molecular complexity index is 1590. The van der Waals surface area contributed by atoms with Crippen LogP contribution in [0.3, 0.4) is 0 Å². The fraction of sp³-hybridized carbons (Fsp3) is 0.500. The molecule has 5 heterocycles. The average molecular weight is 715 g/mol. The fourth-order valence-electron chi connectivity index (χ4n) is 4.42. The molecule has 236 valence electrons. The van der Waals surface area contributed by atoms with Crippen molar-refractivity contribution in [2.75, 3.05) is 18.9 Å². The maximum absolute atomic E-state index is 12.4. The molecule has 2 saturated heterocycles. The van der Waals surface area contributed by atoms with Crippen molar-refractivity contribution in [1.29, 1.82) is 0 Å². The Morgan fingerprint density at radius 2 is 1.60 bits per heavy atom. The Balaban J connectivity index is 1.15. The summed E-state index contributed by atoms with van der Waals surface area (Å²) in [5, 5.41) is 41.5. The Morgan fingerprint density at radius 3 is 2.23 bits per heavy atom. The molecule has 10 N–H and O–H groups in total. The van der Waals surface area contributed by atoms with Crippen LogP contribution < -0.4 is 11.5 Å². The van der Waals surface area contributed by atoms with Crippen LogP contribution in [0.2, 0.25) is 0 Å². The van der Waals surface area contributed by atoms with Crippen LogP contribution in [-0.2, 0) is 32.0 Å². The Hall–Kier alpha value is -2.16. The summed E-state index contributed by atoms with van der Waals surface area (Å²) < 4.78 is 51.3. The molecule has 0 bridgehead atoms. The molecule has 0 saturated carbocycles. The number of hydrogen-bond donors (Lipinski definition) is 8. The second-order valence-corrected chi connectivity index (χ2v) is 14.4. The van der Waals surface area contributed by atoms with E-state index in [4.69, 9.17) is 30.0 Å². The summed E-state index contributed by atoms with van der Waals surface area (Å²) in [6.45, 7) is -1.74. The van der Waals surface area contributed by atoms with Crippen molar-refractivity contribution in [2.45, 2.75) is 49.0 Å². The molecule has 2 aliphatic heterocycles. The molecule has 20 nitrogen and oxygen atoms in total. The van der Waals surface area contributed by atoms with Gasteiger partial charge >= 0.3 is 159 Å². The van der Waals surface area contributed by atoms with E-state index >= 15 is 0 Å². The molecule has 2 unspecified atom stereocenters. The van der Waals surface area contributed by atoms with Crippen LogP contribution >= 0.6 is 15.6 Å². The minimum absolute atomic E-state index is 0.0544. The maximum atomic E-state index is 12.4. The van der Waals surface area contributed by atoms with Crippen LogP contribution in [0.25, 0.3) is 11.2 Å². The zero-order chi connectivity index (χ0) is 31.3. The molecule has 1 amide bonds. The molecule has 2 fully saturated rings. The molecular weight excluding hydrogens is 689 g/mol. The zero-order valence-corrected chi connectivity index (χ0v) is 25.0. The van der Waals surface area contributed by atoms with E-state index in [0.717, 1.165) is 6.33 Å². The van der Waals surface area contributed by atoms with Gasteiger partial charge in [0.15, 0.2) is 17.7 Å². The first-order valence-electron chi connectivity index (χ1n) is 12.2. The molecule has 0 radical (unpaired) electrons. The van der Waals surface area contributed by atoms with Gasteiger partial charge in [-0.05, 0) is 0 Å². The number of phosphoric ester groups is 2. The number of primary amides is 1. The Labute approximate surface area is 246 Å². The number of nitrogen functional groups attached to an aromatic ring is 1. The second kappa shape index (κ2) is 12.3. The average Bonchev–Trinajstić information content (AvgIpc) is 3.70. The summed E-state index contributed by atoms with van der Waals surface area (Å²) >= 11 is -0.413. The summed E-state index contributed by atoms with van der Waals surface area (Å²) in [5.74, 6) is -0.630. The number of fused-ring (bicyclic) bond motifs is 1. The summed E-state index contributed by atoms with van der Waals surface area (Å²) in [4.78, 5) is 44.7. The SMILES string of the molecule is NC(=O)c1c[se]c([C@@H]2O[C@H](COP(=O)(O)OP(=O)(O)OC[C@H]3O[C@@H](n4cnc5c(N)ncnc54)[C@H](O)[C@@H]3O)[C@@H](O)[C@H]2O)c1. The number of aliphatic hydroxyl groups excluding tert-OH is 4. The van der Waals surface area contributed by atoms with E-state index in [1.54, 1.807) is 4.94 Å². The number of carbonyl (C=O) groups is 1. The monoisotopic (exact) mass is 716 g/mol. The van der Waals surface area contributed by atoms with Gasteiger partial charge in [-0.1, -0.05) is 0 Å². The number of nitrogens with two attached hydrogens (primary N) is 2. The third-order valence-electron chi connectivity index (χ3n) is 6.56. The molecule has 43 heavy (non-hydrogen) atoms. The van der Waals surface area contributed by atoms with E-state index in [1.165, 1.54) is 17.0 Å². The van der Waals surface area contributed by atoms with Gasteiger partial charge in [0.25, 0.3) is 0 Å². The number of imidazole rings is 1. The van der Waals surface area contributed by atoms with Crippen molar-refractivity contribution in [1.82, 2.24) is 19.5 Å². The zero-order valence-electron chi connectivity index (χ0n) is 21.5. The van der Waals surface area contributed by atoms with E-state index in [9.17, 15) is 44.1 Å².